The van der Waals surface area contributed by atoms with Crippen LogP contribution in [-0.4, -0.2) is 28.9 Å². The number of halogens is 3. The number of carbonyl (C=O) groups is 1. The molecule has 1 amide bonds. The molecule has 3 nitrogen and oxygen atoms in total. The molecule has 1 fully saturated rings. The fourth-order valence-electron chi connectivity index (χ4n) is 3.28. The van der Waals surface area contributed by atoms with Crippen LogP contribution >= 0.6 is 34.5 Å². The van der Waals surface area contributed by atoms with Gasteiger partial charge in [-0.15, -0.1) is 11.3 Å². The van der Waals surface area contributed by atoms with Crippen LogP contribution in [0.4, 0.5) is 4.39 Å². The van der Waals surface area contributed by atoms with Gasteiger partial charge in [-0.05, 0) is 37.1 Å². The Kier molecular flexibility index (Phi) is 4.86. The van der Waals surface area contributed by atoms with Gasteiger partial charge in [0.2, 0.25) is 0 Å². The molecule has 0 N–H and O–H groups in total. The highest BCUT2D eigenvalue weighted by Gasteiger charge is 2.29. The smallest absolute Gasteiger partial charge is 0.255 e. The SMILES string of the molecule is O=C(c1cc(F)c(Cl)cc1Cl)N1CCC[C@H](c2nc3ccccc3s2)C1. The maximum Gasteiger partial charge on any atom is 0.255 e. The van der Waals surface area contributed by atoms with E-state index in [1.54, 1.807) is 16.2 Å². The number of rotatable bonds is 2. The maximum absolute atomic E-state index is 13.8. The number of para-hydroxylation sites is 1. The van der Waals surface area contributed by atoms with E-state index in [4.69, 9.17) is 28.2 Å². The number of benzene rings is 2. The number of nitrogens with zero attached hydrogens (tertiary/aromatic N) is 2. The van der Waals surface area contributed by atoms with Gasteiger partial charge in [0, 0.05) is 19.0 Å². The Balaban J connectivity index is 1.58. The van der Waals surface area contributed by atoms with Gasteiger partial charge in [0.25, 0.3) is 5.91 Å². The highest BCUT2D eigenvalue weighted by atomic mass is 35.5. The fraction of sp³-hybridized carbons (Fsp3) is 0.263. The molecule has 7 heteroatoms. The summed E-state index contributed by atoms with van der Waals surface area (Å²) in [5.41, 5.74) is 1.14. The molecule has 1 aliphatic rings. The number of piperidine rings is 1. The van der Waals surface area contributed by atoms with Crippen molar-refractivity contribution in [1.29, 1.82) is 0 Å². The summed E-state index contributed by atoms with van der Waals surface area (Å²) >= 11 is 13.5. The van der Waals surface area contributed by atoms with Crippen molar-refractivity contribution < 1.29 is 9.18 Å². The van der Waals surface area contributed by atoms with Crippen LogP contribution in [0.5, 0.6) is 0 Å². The quantitative estimate of drug-likeness (QED) is 0.504. The molecular formula is C19H15Cl2FN2OS. The van der Waals surface area contributed by atoms with Crippen LogP contribution in [0.3, 0.4) is 0 Å². The van der Waals surface area contributed by atoms with E-state index in [1.807, 2.05) is 18.2 Å². The lowest BCUT2D eigenvalue weighted by molar-refractivity contribution is 0.0707. The summed E-state index contributed by atoms with van der Waals surface area (Å²) in [7, 11) is 0. The molecule has 1 aromatic heterocycles. The number of thiazole rings is 1. The van der Waals surface area contributed by atoms with Gasteiger partial charge in [0.05, 0.1) is 30.8 Å². The molecule has 0 unspecified atom stereocenters. The Hall–Kier alpha value is -1.69. The maximum atomic E-state index is 13.8. The monoisotopic (exact) mass is 408 g/mol. The number of carbonyl (C=O) groups excluding carboxylic acids is 1. The third kappa shape index (κ3) is 3.31. The number of hydrogen-bond donors (Lipinski definition) is 0. The molecule has 0 spiro atoms. The molecule has 0 aliphatic carbocycles. The van der Waals surface area contributed by atoms with E-state index in [2.05, 4.69) is 6.07 Å². The zero-order chi connectivity index (χ0) is 18.3. The van der Waals surface area contributed by atoms with Crippen LogP contribution in [0.25, 0.3) is 10.2 Å². The molecule has 1 saturated heterocycles. The van der Waals surface area contributed by atoms with Gasteiger partial charge in [-0.25, -0.2) is 9.37 Å². The first-order chi connectivity index (χ1) is 12.5. The topological polar surface area (TPSA) is 33.2 Å². The van der Waals surface area contributed by atoms with Crippen molar-refractivity contribution in [3.63, 3.8) is 0 Å². The van der Waals surface area contributed by atoms with E-state index in [1.165, 1.54) is 6.07 Å². The molecule has 3 aromatic rings. The molecule has 26 heavy (non-hydrogen) atoms. The van der Waals surface area contributed by atoms with Crippen molar-refractivity contribution in [3.8, 4) is 0 Å². The molecule has 0 saturated carbocycles. The number of hydrogen-bond acceptors (Lipinski definition) is 3. The number of aromatic nitrogens is 1. The Bertz CT molecular complexity index is 958. The third-order valence-electron chi connectivity index (χ3n) is 4.61. The van der Waals surface area contributed by atoms with Crippen LogP contribution in [0.15, 0.2) is 36.4 Å². The largest absolute Gasteiger partial charge is 0.338 e. The number of fused-ring (bicyclic) bond motifs is 1. The lowest BCUT2D eigenvalue weighted by atomic mass is 9.98. The zero-order valence-corrected chi connectivity index (χ0v) is 16.0. The summed E-state index contributed by atoms with van der Waals surface area (Å²) in [4.78, 5) is 19.3. The summed E-state index contributed by atoms with van der Waals surface area (Å²) in [5.74, 6) is -0.725. The zero-order valence-electron chi connectivity index (χ0n) is 13.7. The minimum atomic E-state index is -0.640. The van der Waals surface area contributed by atoms with Crippen molar-refractivity contribution in [1.82, 2.24) is 9.88 Å². The first-order valence-corrected chi connectivity index (χ1v) is 9.89. The highest BCUT2D eigenvalue weighted by molar-refractivity contribution is 7.18. The summed E-state index contributed by atoms with van der Waals surface area (Å²) in [5, 5.41) is 1.12. The predicted molar refractivity (Wildman–Crippen MR) is 104 cm³/mol. The molecule has 2 aromatic carbocycles. The highest BCUT2D eigenvalue weighted by Crippen LogP contribution is 2.34. The molecule has 4 rings (SSSR count). The van der Waals surface area contributed by atoms with E-state index in [0.717, 1.165) is 34.1 Å². The Morgan fingerprint density at radius 1 is 1.23 bits per heavy atom. The number of amides is 1. The Morgan fingerprint density at radius 3 is 2.85 bits per heavy atom. The molecule has 1 atom stereocenters. The summed E-state index contributed by atoms with van der Waals surface area (Å²) in [6.07, 6.45) is 1.85. The second-order valence-electron chi connectivity index (χ2n) is 6.36. The Labute approximate surface area is 164 Å². The fourth-order valence-corrected chi connectivity index (χ4v) is 4.84. The molecule has 0 bridgehead atoms. The van der Waals surface area contributed by atoms with E-state index in [9.17, 15) is 9.18 Å². The summed E-state index contributed by atoms with van der Waals surface area (Å²) in [6, 6.07) is 10.4. The van der Waals surface area contributed by atoms with Crippen molar-refractivity contribution in [2.45, 2.75) is 18.8 Å². The molecule has 2 heterocycles. The first kappa shape index (κ1) is 17.7. The van der Waals surface area contributed by atoms with Gasteiger partial charge in [0.1, 0.15) is 5.82 Å². The van der Waals surface area contributed by atoms with Crippen LogP contribution in [0.2, 0.25) is 10.0 Å². The van der Waals surface area contributed by atoms with E-state index in [-0.39, 0.29) is 27.4 Å². The second-order valence-corrected chi connectivity index (χ2v) is 8.23. The average molecular weight is 409 g/mol. The van der Waals surface area contributed by atoms with Gasteiger partial charge < -0.3 is 4.90 Å². The van der Waals surface area contributed by atoms with E-state index >= 15 is 0 Å². The van der Waals surface area contributed by atoms with Gasteiger partial charge in [0.15, 0.2) is 0 Å². The van der Waals surface area contributed by atoms with Crippen LogP contribution < -0.4 is 0 Å². The van der Waals surface area contributed by atoms with Crippen molar-refractivity contribution >= 4 is 50.7 Å². The minimum Gasteiger partial charge on any atom is -0.338 e. The van der Waals surface area contributed by atoms with Gasteiger partial charge >= 0.3 is 0 Å². The van der Waals surface area contributed by atoms with Crippen LogP contribution in [0.1, 0.15) is 34.1 Å². The first-order valence-electron chi connectivity index (χ1n) is 8.32. The lowest BCUT2D eigenvalue weighted by Gasteiger charge is -2.32. The van der Waals surface area contributed by atoms with Gasteiger partial charge in [-0.3, -0.25) is 4.79 Å². The van der Waals surface area contributed by atoms with Crippen LogP contribution in [-0.2, 0) is 0 Å². The van der Waals surface area contributed by atoms with Crippen LogP contribution in [0, 0.1) is 5.82 Å². The summed E-state index contributed by atoms with van der Waals surface area (Å²) < 4.78 is 14.9. The normalized spacial score (nSPS) is 17.7. The molecular weight excluding hydrogens is 394 g/mol. The third-order valence-corrected chi connectivity index (χ3v) is 6.41. The van der Waals surface area contributed by atoms with Crippen molar-refractivity contribution in [2.24, 2.45) is 0 Å². The van der Waals surface area contributed by atoms with Gasteiger partial charge in [-0.2, -0.15) is 0 Å². The molecule has 0 radical (unpaired) electrons. The predicted octanol–water partition coefficient (Wildman–Crippen LogP) is 5.76. The minimum absolute atomic E-state index is 0.0856. The number of likely N-dealkylation sites (tertiary alicyclic amines) is 1. The van der Waals surface area contributed by atoms with Crippen molar-refractivity contribution in [3.05, 3.63) is 62.8 Å². The van der Waals surface area contributed by atoms with Gasteiger partial charge in [-0.1, -0.05) is 35.3 Å². The lowest BCUT2D eigenvalue weighted by Crippen LogP contribution is -2.39. The Morgan fingerprint density at radius 2 is 2.04 bits per heavy atom. The van der Waals surface area contributed by atoms with E-state index in [0.29, 0.717) is 13.1 Å². The van der Waals surface area contributed by atoms with E-state index < -0.39 is 5.82 Å². The molecule has 1 aliphatic heterocycles. The summed E-state index contributed by atoms with van der Waals surface area (Å²) in [6.45, 7) is 1.18. The average Bonchev–Trinajstić information content (AvgIpc) is 3.08. The standard InChI is InChI=1S/C19H15Cl2FN2OS/c20-13-9-14(21)15(22)8-12(13)19(25)24-7-3-4-11(10-24)18-23-16-5-1-2-6-17(16)26-18/h1-2,5-6,8-9,11H,3-4,7,10H2/t11-/m0/s1. The molecule has 134 valence electrons. The van der Waals surface area contributed by atoms with Crippen molar-refractivity contribution in [2.75, 3.05) is 13.1 Å². The second kappa shape index (κ2) is 7.14.